The molecule has 1 heterocycles. The van der Waals surface area contributed by atoms with Gasteiger partial charge in [-0.2, -0.15) is 0 Å². The summed E-state index contributed by atoms with van der Waals surface area (Å²) in [5.74, 6) is -0.490. The van der Waals surface area contributed by atoms with Crippen LogP contribution in [0.1, 0.15) is 30.6 Å². The molecule has 19 heavy (non-hydrogen) atoms. The van der Waals surface area contributed by atoms with E-state index in [0.29, 0.717) is 12.4 Å². The first-order valence-corrected chi connectivity index (χ1v) is 6.07. The number of hydrogen-bond donors (Lipinski definition) is 1. The average molecular weight is 266 g/mol. The fourth-order valence-corrected chi connectivity index (χ4v) is 1.30. The molecule has 1 rings (SSSR count). The Morgan fingerprint density at radius 1 is 1.42 bits per heavy atom. The van der Waals surface area contributed by atoms with Crippen molar-refractivity contribution in [1.82, 2.24) is 10.3 Å². The predicted molar refractivity (Wildman–Crippen MR) is 69.0 cm³/mol. The van der Waals surface area contributed by atoms with Gasteiger partial charge in [0.2, 0.25) is 5.88 Å². The average Bonchev–Trinajstić information content (AvgIpc) is 2.44. The molecule has 0 saturated carbocycles. The van der Waals surface area contributed by atoms with Crippen LogP contribution in [0.4, 0.5) is 0 Å². The van der Waals surface area contributed by atoms with Crippen molar-refractivity contribution in [2.24, 2.45) is 0 Å². The maximum Gasteiger partial charge on any atom is 0.340 e. The number of amides is 1. The number of aromatic nitrogens is 1. The molecule has 1 N–H and O–H groups in total. The lowest BCUT2D eigenvalue weighted by Crippen LogP contribution is -2.36. The fourth-order valence-electron chi connectivity index (χ4n) is 1.30. The number of nitrogens with one attached hydrogen (secondary N) is 1. The Morgan fingerprint density at radius 3 is 2.68 bits per heavy atom. The third kappa shape index (κ3) is 4.57. The molecular weight excluding hydrogens is 248 g/mol. The molecule has 1 aromatic heterocycles. The molecule has 6 nitrogen and oxygen atoms in total. The maximum absolute atomic E-state index is 11.7. The van der Waals surface area contributed by atoms with Crippen molar-refractivity contribution in [3.8, 4) is 5.88 Å². The Morgan fingerprint density at radius 2 is 2.16 bits per heavy atom. The fraction of sp³-hybridized carbons (Fsp3) is 0.462. The van der Waals surface area contributed by atoms with Gasteiger partial charge in [-0.25, -0.2) is 9.78 Å². The summed E-state index contributed by atoms with van der Waals surface area (Å²) in [6.45, 7) is 4.03. The molecule has 104 valence electrons. The smallest absolute Gasteiger partial charge is 0.340 e. The molecule has 0 aliphatic carbocycles. The highest BCUT2D eigenvalue weighted by Gasteiger charge is 2.18. The van der Waals surface area contributed by atoms with E-state index >= 15 is 0 Å². The molecule has 0 saturated heterocycles. The van der Waals surface area contributed by atoms with Gasteiger partial charge in [-0.15, -0.1) is 0 Å². The van der Waals surface area contributed by atoms with Crippen LogP contribution in [0.25, 0.3) is 0 Å². The Balaban J connectivity index is 2.55. The molecule has 6 heteroatoms. The Kier molecular flexibility index (Phi) is 5.78. The van der Waals surface area contributed by atoms with Gasteiger partial charge in [0.05, 0.1) is 12.7 Å². The lowest BCUT2D eigenvalue weighted by atomic mass is 10.3. The quantitative estimate of drug-likeness (QED) is 0.782. The molecule has 0 aromatic carbocycles. The van der Waals surface area contributed by atoms with Gasteiger partial charge in [-0.3, -0.25) is 4.79 Å². The molecule has 0 aliphatic heterocycles. The summed E-state index contributed by atoms with van der Waals surface area (Å²) in [5, 5.41) is 2.66. The van der Waals surface area contributed by atoms with E-state index in [-0.39, 0.29) is 11.5 Å². The van der Waals surface area contributed by atoms with E-state index in [1.54, 1.807) is 6.07 Å². The van der Waals surface area contributed by atoms with E-state index in [1.807, 2.05) is 6.92 Å². The molecule has 0 unspecified atom stereocenters. The van der Waals surface area contributed by atoms with Gasteiger partial charge in [0.15, 0.2) is 6.10 Å². The van der Waals surface area contributed by atoms with Gasteiger partial charge >= 0.3 is 5.97 Å². The Labute approximate surface area is 112 Å². The minimum atomic E-state index is -0.832. The van der Waals surface area contributed by atoms with Crippen LogP contribution in [0.2, 0.25) is 0 Å². The second-order valence-corrected chi connectivity index (χ2v) is 3.93. The molecule has 1 amide bonds. The first-order valence-electron chi connectivity index (χ1n) is 6.07. The number of pyridine rings is 1. The van der Waals surface area contributed by atoms with Crippen molar-refractivity contribution >= 4 is 11.9 Å². The van der Waals surface area contributed by atoms with E-state index in [0.717, 1.165) is 6.42 Å². The first-order chi connectivity index (χ1) is 9.08. The summed E-state index contributed by atoms with van der Waals surface area (Å²) in [7, 11) is 1.49. The normalized spacial score (nSPS) is 11.5. The number of carbonyl (C=O) groups is 2. The van der Waals surface area contributed by atoms with Crippen molar-refractivity contribution in [1.29, 1.82) is 0 Å². The summed E-state index contributed by atoms with van der Waals surface area (Å²) < 4.78 is 9.92. The highest BCUT2D eigenvalue weighted by molar-refractivity contribution is 5.91. The lowest BCUT2D eigenvalue weighted by Gasteiger charge is -2.13. The molecule has 1 aromatic rings. The maximum atomic E-state index is 11.7. The van der Waals surface area contributed by atoms with Crippen LogP contribution in [0.5, 0.6) is 5.88 Å². The molecule has 0 fully saturated rings. The zero-order valence-corrected chi connectivity index (χ0v) is 11.3. The monoisotopic (exact) mass is 266 g/mol. The van der Waals surface area contributed by atoms with Crippen LogP contribution < -0.4 is 10.1 Å². The first kappa shape index (κ1) is 14.9. The number of ether oxygens (including phenoxy) is 2. The van der Waals surface area contributed by atoms with E-state index in [1.165, 1.54) is 26.3 Å². The van der Waals surface area contributed by atoms with Gasteiger partial charge in [0, 0.05) is 18.8 Å². The van der Waals surface area contributed by atoms with Crippen LogP contribution in [0.3, 0.4) is 0 Å². The number of esters is 1. The number of rotatable bonds is 6. The van der Waals surface area contributed by atoms with Gasteiger partial charge < -0.3 is 14.8 Å². The Hall–Kier alpha value is -2.11. The van der Waals surface area contributed by atoms with Gasteiger partial charge in [0.1, 0.15) is 0 Å². The van der Waals surface area contributed by atoms with Crippen molar-refractivity contribution in [2.45, 2.75) is 26.4 Å². The molecular formula is C13H18N2O4. The summed E-state index contributed by atoms with van der Waals surface area (Å²) in [4.78, 5) is 27.2. The third-order valence-corrected chi connectivity index (χ3v) is 2.38. The second kappa shape index (κ2) is 7.35. The van der Waals surface area contributed by atoms with Crippen LogP contribution in [0, 0.1) is 0 Å². The van der Waals surface area contributed by atoms with Crippen LogP contribution >= 0.6 is 0 Å². The SMILES string of the molecule is CCCNC(=O)[C@@H](C)OC(=O)c1ccc(OC)nc1. The van der Waals surface area contributed by atoms with Gasteiger partial charge in [0.25, 0.3) is 5.91 Å². The van der Waals surface area contributed by atoms with E-state index < -0.39 is 12.1 Å². The van der Waals surface area contributed by atoms with Gasteiger partial charge in [-0.1, -0.05) is 6.92 Å². The molecule has 1 atom stereocenters. The molecule has 0 aliphatic rings. The summed E-state index contributed by atoms with van der Waals surface area (Å²) >= 11 is 0. The van der Waals surface area contributed by atoms with Crippen molar-refractivity contribution in [2.75, 3.05) is 13.7 Å². The number of carbonyl (C=O) groups excluding carboxylic acids is 2. The molecule has 0 radical (unpaired) electrons. The summed E-state index contributed by atoms with van der Waals surface area (Å²) in [5.41, 5.74) is 0.274. The third-order valence-electron chi connectivity index (χ3n) is 2.38. The summed E-state index contributed by atoms with van der Waals surface area (Å²) in [6.07, 6.45) is 1.34. The minimum Gasteiger partial charge on any atom is -0.481 e. The second-order valence-electron chi connectivity index (χ2n) is 3.93. The van der Waals surface area contributed by atoms with E-state index in [9.17, 15) is 9.59 Å². The standard InChI is InChI=1S/C13H18N2O4/c1-4-7-14-12(16)9(2)19-13(17)10-5-6-11(18-3)15-8-10/h5-6,8-9H,4,7H2,1-3H3,(H,14,16)/t9-/m1/s1. The van der Waals surface area contributed by atoms with E-state index in [2.05, 4.69) is 10.3 Å². The predicted octanol–water partition coefficient (Wildman–Crippen LogP) is 1.16. The largest absolute Gasteiger partial charge is 0.481 e. The van der Waals surface area contributed by atoms with Crippen LogP contribution in [0.15, 0.2) is 18.3 Å². The van der Waals surface area contributed by atoms with Gasteiger partial charge in [-0.05, 0) is 19.4 Å². The number of methoxy groups -OCH3 is 1. The lowest BCUT2D eigenvalue weighted by molar-refractivity contribution is -0.129. The van der Waals surface area contributed by atoms with Crippen molar-refractivity contribution < 1.29 is 19.1 Å². The minimum absolute atomic E-state index is 0.274. The van der Waals surface area contributed by atoms with E-state index in [4.69, 9.17) is 9.47 Å². The topological polar surface area (TPSA) is 77.5 Å². The molecule has 0 bridgehead atoms. The highest BCUT2D eigenvalue weighted by Crippen LogP contribution is 2.08. The van der Waals surface area contributed by atoms with Crippen LogP contribution in [-0.4, -0.2) is 36.6 Å². The zero-order valence-electron chi connectivity index (χ0n) is 11.3. The number of hydrogen-bond acceptors (Lipinski definition) is 5. The highest BCUT2D eigenvalue weighted by atomic mass is 16.5. The van der Waals surface area contributed by atoms with Crippen molar-refractivity contribution in [3.63, 3.8) is 0 Å². The number of nitrogens with zero attached hydrogens (tertiary/aromatic N) is 1. The zero-order chi connectivity index (χ0) is 14.3. The van der Waals surface area contributed by atoms with Crippen LogP contribution in [-0.2, 0) is 9.53 Å². The summed E-state index contributed by atoms with van der Waals surface area (Å²) in [6, 6.07) is 3.09. The Bertz CT molecular complexity index is 431. The molecule has 0 spiro atoms. The van der Waals surface area contributed by atoms with Crippen molar-refractivity contribution in [3.05, 3.63) is 23.9 Å².